The molecule has 6 heteroatoms. The maximum absolute atomic E-state index is 13.0. The highest BCUT2D eigenvalue weighted by molar-refractivity contribution is 6.07. The van der Waals surface area contributed by atoms with Crippen LogP contribution >= 0.6 is 0 Å². The largest absolute Gasteiger partial charge is 0.343 e. The Morgan fingerprint density at radius 3 is 2.06 bits per heavy atom. The molecule has 31 heavy (non-hydrogen) atoms. The lowest BCUT2D eigenvalue weighted by molar-refractivity contribution is -0.132. The highest BCUT2D eigenvalue weighted by Gasteiger charge is 2.51. The predicted octanol–water partition coefficient (Wildman–Crippen LogP) is 3.71. The van der Waals surface area contributed by atoms with Crippen LogP contribution in [0.5, 0.6) is 0 Å². The van der Waals surface area contributed by atoms with E-state index < -0.39 is 11.1 Å². The van der Waals surface area contributed by atoms with E-state index in [0.717, 1.165) is 30.4 Å². The zero-order valence-electron chi connectivity index (χ0n) is 17.9. The minimum atomic E-state index is -0.756. The first-order valence-corrected chi connectivity index (χ1v) is 11.0. The third-order valence-corrected chi connectivity index (χ3v) is 6.61. The van der Waals surface area contributed by atoms with Gasteiger partial charge in [-0.2, -0.15) is 0 Å². The molecule has 0 atom stereocenters. The lowest BCUT2D eigenvalue weighted by atomic mass is 9.82. The average Bonchev–Trinajstić information content (AvgIpc) is 3.02. The summed E-state index contributed by atoms with van der Waals surface area (Å²) in [5.74, 6) is -0.390. The van der Waals surface area contributed by atoms with Crippen LogP contribution in [-0.2, 0) is 15.1 Å². The summed E-state index contributed by atoms with van der Waals surface area (Å²) in [5, 5.41) is 6.04. The molecule has 2 fully saturated rings. The second kappa shape index (κ2) is 8.53. The molecule has 1 aliphatic heterocycles. The zero-order chi connectivity index (χ0) is 21.9. The zero-order valence-corrected chi connectivity index (χ0v) is 17.9. The molecule has 0 unspecified atom stereocenters. The Labute approximate surface area is 183 Å². The first-order valence-electron chi connectivity index (χ1n) is 11.0. The summed E-state index contributed by atoms with van der Waals surface area (Å²) in [5.41, 5.74) is 0.451. The van der Waals surface area contributed by atoms with Gasteiger partial charge in [0.2, 0.25) is 5.91 Å². The lowest BCUT2D eigenvalue weighted by Gasteiger charge is -2.32. The van der Waals surface area contributed by atoms with Crippen LogP contribution in [0.2, 0.25) is 0 Å². The van der Waals surface area contributed by atoms with E-state index in [4.69, 9.17) is 0 Å². The molecular weight excluding hydrogens is 390 g/mol. The van der Waals surface area contributed by atoms with Crippen LogP contribution in [0.4, 0.5) is 4.79 Å². The number of nitrogens with one attached hydrogen (secondary N) is 2. The Kier molecular flexibility index (Phi) is 5.81. The molecule has 2 N–H and O–H groups in total. The molecule has 1 spiro atoms. The van der Waals surface area contributed by atoms with Gasteiger partial charge >= 0.3 is 6.03 Å². The van der Waals surface area contributed by atoms with Crippen LogP contribution in [0.1, 0.15) is 56.6 Å². The molecule has 2 aromatic rings. The molecule has 162 valence electrons. The molecule has 4 amide bonds. The van der Waals surface area contributed by atoms with E-state index in [1.807, 2.05) is 67.6 Å². The van der Waals surface area contributed by atoms with Crippen molar-refractivity contribution in [2.24, 2.45) is 0 Å². The summed E-state index contributed by atoms with van der Waals surface area (Å²) in [6.45, 7) is 2.05. The van der Waals surface area contributed by atoms with Gasteiger partial charge in [-0.1, -0.05) is 79.9 Å². The van der Waals surface area contributed by atoms with Crippen molar-refractivity contribution in [1.29, 1.82) is 0 Å². The molecule has 4 rings (SSSR count). The Morgan fingerprint density at radius 1 is 0.968 bits per heavy atom. The summed E-state index contributed by atoms with van der Waals surface area (Å²) in [7, 11) is 0. The second-order valence-corrected chi connectivity index (χ2v) is 8.68. The number of hydrogen-bond acceptors (Lipinski definition) is 3. The number of amides is 4. The normalized spacial score (nSPS) is 18.2. The molecule has 1 saturated heterocycles. The first-order chi connectivity index (χ1) is 14.9. The van der Waals surface area contributed by atoms with Crippen LogP contribution in [0.15, 0.2) is 60.7 Å². The van der Waals surface area contributed by atoms with Crippen LogP contribution in [-0.4, -0.2) is 34.8 Å². The molecule has 0 bridgehead atoms. The molecule has 1 heterocycles. The third kappa shape index (κ3) is 4.07. The third-order valence-electron chi connectivity index (χ3n) is 6.61. The molecular formula is C25H29N3O3. The molecule has 0 aromatic heterocycles. The Balaban J connectivity index is 1.47. The van der Waals surface area contributed by atoms with Gasteiger partial charge in [0, 0.05) is 13.0 Å². The minimum Gasteiger partial charge on any atom is -0.343 e. The van der Waals surface area contributed by atoms with Gasteiger partial charge in [0.1, 0.15) is 5.54 Å². The molecule has 1 saturated carbocycles. The summed E-state index contributed by atoms with van der Waals surface area (Å²) >= 11 is 0. The van der Waals surface area contributed by atoms with Gasteiger partial charge in [0.15, 0.2) is 0 Å². The van der Waals surface area contributed by atoms with Crippen molar-refractivity contribution >= 4 is 17.8 Å². The van der Waals surface area contributed by atoms with Gasteiger partial charge in [0.25, 0.3) is 5.91 Å². The van der Waals surface area contributed by atoms with E-state index in [-0.39, 0.29) is 30.8 Å². The van der Waals surface area contributed by atoms with Gasteiger partial charge in [-0.15, -0.1) is 0 Å². The fourth-order valence-electron chi connectivity index (χ4n) is 4.78. The SMILES string of the molecule is CC(NC(=O)CCN1C(=O)NC2(CCCCC2)C1=O)(c1ccccc1)c1ccccc1. The topological polar surface area (TPSA) is 78.5 Å². The van der Waals surface area contributed by atoms with E-state index in [9.17, 15) is 14.4 Å². The van der Waals surface area contributed by atoms with Gasteiger partial charge in [-0.3, -0.25) is 14.5 Å². The fraction of sp³-hybridized carbons (Fsp3) is 0.400. The quantitative estimate of drug-likeness (QED) is 0.701. The molecule has 2 aromatic carbocycles. The Hall–Kier alpha value is -3.15. The predicted molar refractivity (Wildman–Crippen MR) is 118 cm³/mol. The van der Waals surface area contributed by atoms with Crippen molar-refractivity contribution in [1.82, 2.24) is 15.5 Å². The number of carbonyl (C=O) groups is 3. The highest BCUT2D eigenvalue weighted by atomic mass is 16.2. The van der Waals surface area contributed by atoms with Crippen molar-refractivity contribution in [2.75, 3.05) is 6.54 Å². The number of carbonyl (C=O) groups excluding carboxylic acids is 3. The first kappa shape index (κ1) is 21.1. The summed E-state index contributed by atoms with van der Waals surface area (Å²) < 4.78 is 0. The van der Waals surface area contributed by atoms with Crippen LogP contribution in [0.25, 0.3) is 0 Å². The van der Waals surface area contributed by atoms with E-state index >= 15 is 0 Å². The number of urea groups is 1. The molecule has 6 nitrogen and oxygen atoms in total. The number of benzene rings is 2. The van der Waals surface area contributed by atoms with E-state index in [0.29, 0.717) is 12.8 Å². The summed E-state index contributed by atoms with van der Waals surface area (Å²) in [6.07, 6.45) is 4.38. The number of rotatable bonds is 6. The Bertz CT molecular complexity index is 913. The van der Waals surface area contributed by atoms with Crippen molar-refractivity contribution in [2.45, 2.75) is 56.5 Å². The van der Waals surface area contributed by atoms with E-state index in [1.165, 1.54) is 4.90 Å². The van der Waals surface area contributed by atoms with Crippen LogP contribution in [0.3, 0.4) is 0 Å². The van der Waals surface area contributed by atoms with Gasteiger partial charge in [-0.25, -0.2) is 4.79 Å². The Morgan fingerprint density at radius 2 is 1.52 bits per heavy atom. The number of nitrogens with zero attached hydrogens (tertiary/aromatic N) is 1. The molecule has 1 aliphatic carbocycles. The second-order valence-electron chi connectivity index (χ2n) is 8.68. The smallest absolute Gasteiger partial charge is 0.325 e. The fourth-order valence-corrected chi connectivity index (χ4v) is 4.78. The average molecular weight is 420 g/mol. The van der Waals surface area contributed by atoms with Crippen molar-refractivity contribution in [3.8, 4) is 0 Å². The van der Waals surface area contributed by atoms with Crippen LogP contribution in [0, 0.1) is 0 Å². The number of imide groups is 1. The lowest BCUT2D eigenvalue weighted by Crippen LogP contribution is -2.48. The standard InChI is InChI=1S/C25H29N3O3/c1-24(19-11-5-2-6-12-19,20-13-7-3-8-14-20)26-21(29)15-18-28-22(30)25(27-23(28)31)16-9-4-10-17-25/h2-3,5-8,11-14H,4,9-10,15-18H2,1H3,(H,26,29)(H,27,31). The van der Waals surface area contributed by atoms with E-state index in [1.54, 1.807) is 0 Å². The van der Waals surface area contributed by atoms with Gasteiger partial charge < -0.3 is 10.6 Å². The summed E-state index contributed by atoms with van der Waals surface area (Å²) in [6, 6.07) is 19.2. The molecule has 2 aliphatic rings. The minimum absolute atomic E-state index is 0.0600. The van der Waals surface area contributed by atoms with Crippen molar-refractivity contribution in [3.63, 3.8) is 0 Å². The maximum Gasteiger partial charge on any atom is 0.325 e. The van der Waals surface area contributed by atoms with Crippen molar-refractivity contribution in [3.05, 3.63) is 71.8 Å². The van der Waals surface area contributed by atoms with Crippen LogP contribution < -0.4 is 10.6 Å². The molecule has 0 radical (unpaired) electrons. The van der Waals surface area contributed by atoms with Crippen molar-refractivity contribution < 1.29 is 14.4 Å². The maximum atomic E-state index is 13.0. The van der Waals surface area contributed by atoms with E-state index in [2.05, 4.69) is 10.6 Å². The monoisotopic (exact) mass is 419 g/mol. The summed E-state index contributed by atoms with van der Waals surface area (Å²) in [4.78, 5) is 39.6. The highest BCUT2D eigenvalue weighted by Crippen LogP contribution is 2.34. The number of hydrogen-bond donors (Lipinski definition) is 2. The van der Waals surface area contributed by atoms with Gasteiger partial charge in [-0.05, 0) is 30.9 Å². The van der Waals surface area contributed by atoms with Gasteiger partial charge in [0.05, 0.1) is 5.54 Å².